The second-order valence-corrected chi connectivity index (χ2v) is 5.55. The zero-order chi connectivity index (χ0) is 10.7. The molecule has 1 rings (SSSR count). The molecule has 0 aliphatic heterocycles. The Balaban J connectivity index is 2.67. The third-order valence-corrected chi connectivity index (χ3v) is 4.33. The number of thioether (sulfide) groups is 1. The molecule has 0 aliphatic rings. The monoisotopic (exact) mass is 277 g/mol. The van der Waals surface area contributed by atoms with E-state index in [1.807, 2.05) is 30.4 Å². The number of aryl methyl sites for hydroxylation is 2. The fourth-order valence-electron chi connectivity index (χ4n) is 1.13. The minimum absolute atomic E-state index is 0.497. The van der Waals surface area contributed by atoms with Gasteiger partial charge in [0.15, 0.2) is 0 Å². The first kappa shape index (κ1) is 12.1. The summed E-state index contributed by atoms with van der Waals surface area (Å²) in [4.78, 5) is 0. The smallest absolute Gasteiger partial charge is 0.0738 e. The lowest BCUT2D eigenvalue weighted by Crippen LogP contribution is -2.13. The molecule has 0 spiro atoms. The Kier molecular flexibility index (Phi) is 4.47. The summed E-state index contributed by atoms with van der Waals surface area (Å²) in [6.45, 7) is 4.87. The van der Waals surface area contributed by atoms with Crippen LogP contribution in [0.2, 0.25) is 0 Å². The molecule has 1 aromatic heterocycles. The fourth-order valence-corrected chi connectivity index (χ4v) is 2.70. The van der Waals surface area contributed by atoms with Gasteiger partial charge in [-0.15, -0.1) is 0 Å². The molecular weight excluding hydrogens is 262 g/mol. The van der Waals surface area contributed by atoms with Crippen LogP contribution in [0.3, 0.4) is 0 Å². The van der Waals surface area contributed by atoms with Crippen LogP contribution in [-0.4, -0.2) is 21.6 Å². The molecule has 2 N–H and O–H groups in total. The van der Waals surface area contributed by atoms with E-state index >= 15 is 0 Å². The molecule has 3 nitrogen and oxygen atoms in total. The quantitative estimate of drug-likeness (QED) is 0.917. The summed E-state index contributed by atoms with van der Waals surface area (Å²) >= 11 is 5.40. The van der Waals surface area contributed by atoms with Crippen LogP contribution in [0.15, 0.2) is 4.47 Å². The summed E-state index contributed by atoms with van der Waals surface area (Å²) in [5.74, 6) is 0.955. The Morgan fingerprint density at radius 2 is 2.29 bits per heavy atom. The van der Waals surface area contributed by atoms with Gasteiger partial charge in [-0.05, 0) is 22.9 Å². The molecule has 1 heterocycles. The molecule has 1 atom stereocenters. The molecule has 0 saturated carbocycles. The Labute approximate surface area is 97.6 Å². The van der Waals surface area contributed by atoms with E-state index in [0.717, 1.165) is 22.5 Å². The second-order valence-electron chi connectivity index (χ2n) is 3.33. The van der Waals surface area contributed by atoms with Crippen LogP contribution >= 0.6 is 27.7 Å². The van der Waals surface area contributed by atoms with Gasteiger partial charge in [0, 0.05) is 24.6 Å². The zero-order valence-electron chi connectivity index (χ0n) is 8.75. The van der Waals surface area contributed by atoms with Crippen molar-refractivity contribution < 1.29 is 0 Å². The van der Waals surface area contributed by atoms with Gasteiger partial charge in [0.2, 0.25) is 0 Å². The molecule has 1 aromatic rings. The van der Waals surface area contributed by atoms with E-state index < -0.39 is 0 Å². The SMILES string of the molecule is Cc1nn(C)c(CSC(C)CN)c1Br. The first-order chi connectivity index (χ1) is 6.56. The number of halogens is 1. The van der Waals surface area contributed by atoms with Crippen LogP contribution in [0.25, 0.3) is 0 Å². The Hall–Kier alpha value is -0.0000000000000000555. The lowest BCUT2D eigenvalue weighted by molar-refractivity contribution is 0.726. The highest BCUT2D eigenvalue weighted by Crippen LogP contribution is 2.25. The number of hydrogen-bond donors (Lipinski definition) is 1. The van der Waals surface area contributed by atoms with E-state index in [2.05, 4.69) is 28.0 Å². The van der Waals surface area contributed by atoms with Crippen molar-refractivity contribution in [3.05, 3.63) is 15.9 Å². The molecule has 0 amide bonds. The van der Waals surface area contributed by atoms with Crippen molar-refractivity contribution in [3.8, 4) is 0 Å². The minimum atomic E-state index is 0.497. The molecular formula is C9H16BrN3S. The van der Waals surface area contributed by atoms with Gasteiger partial charge in [0.25, 0.3) is 0 Å². The highest BCUT2D eigenvalue weighted by Gasteiger charge is 2.11. The summed E-state index contributed by atoms with van der Waals surface area (Å²) in [5, 5.41) is 4.84. The van der Waals surface area contributed by atoms with E-state index in [1.165, 1.54) is 5.69 Å². The first-order valence-electron chi connectivity index (χ1n) is 4.56. The molecule has 80 valence electrons. The lowest BCUT2D eigenvalue weighted by atomic mass is 10.4. The predicted octanol–water partition coefficient (Wildman–Crippen LogP) is 2.07. The van der Waals surface area contributed by atoms with Crippen LogP contribution in [0, 0.1) is 6.92 Å². The normalized spacial score (nSPS) is 13.2. The summed E-state index contributed by atoms with van der Waals surface area (Å²) in [7, 11) is 1.97. The van der Waals surface area contributed by atoms with Crippen LogP contribution in [0.5, 0.6) is 0 Å². The van der Waals surface area contributed by atoms with E-state index in [0.29, 0.717) is 5.25 Å². The topological polar surface area (TPSA) is 43.8 Å². The molecule has 0 aliphatic carbocycles. The number of aromatic nitrogens is 2. The van der Waals surface area contributed by atoms with Crippen molar-refractivity contribution in [1.29, 1.82) is 0 Å². The largest absolute Gasteiger partial charge is 0.329 e. The van der Waals surface area contributed by atoms with Crippen molar-refractivity contribution in [2.75, 3.05) is 6.54 Å². The van der Waals surface area contributed by atoms with E-state index in [-0.39, 0.29) is 0 Å². The van der Waals surface area contributed by atoms with Gasteiger partial charge in [-0.3, -0.25) is 4.68 Å². The minimum Gasteiger partial charge on any atom is -0.329 e. The maximum atomic E-state index is 5.56. The summed E-state index contributed by atoms with van der Waals surface area (Å²) in [6, 6.07) is 0. The molecule has 14 heavy (non-hydrogen) atoms. The maximum absolute atomic E-state index is 5.56. The second kappa shape index (κ2) is 5.19. The summed E-state index contributed by atoms with van der Waals surface area (Å²) in [5.41, 5.74) is 7.84. The molecule has 1 unspecified atom stereocenters. The van der Waals surface area contributed by atoms with Gasteiger partial charge in [-0.1, -0.05) is 6.92 Å². The van der Waals surface area contributed by atoms with E-state index in [1.54, 1.807) is 0 Å². The molecule has 0 saturated heterocycles. The molecule has 5 heteroatoms. The maximum Gasteiger partial charge on any atom is 0.0738 e. The molecule has 0 aromatic carbocycles. The highest BCUT2D eigenvalue weighted by molar-refractivity contribution is 9.10. The average Bonchev–Trinajstić information content (AvgIpc) is 2.39. The average molecular weight is 278 g/mol. The van der Waals surface area contributed by atoms with Crippen molar-refractivity contribution >= 4 is 27.7 Å². The van der Waals surface area contributed by atoms with Crippen molar-refractivity contribution in [2.45, 2.75) is 24.9 Å². The van der Waals surface area contributed by atoms with Crippen LogP contribution < -0.4 is 5.73 Å². The van der Waals surface area contributed by atoms with Gasteiger partial charge >= 0.3 is 0 Å². The Morgan fingerprint density at radius 1 is 1.64 bits per heavy atom. The zero-order valence-corrected chi connectivity index (χ0v) is 11.2. The molecule has 0 fully saturated rings. The van der Waals surface area contributed by atoms with Crippen molar-refractivity contribution in [1.82, 2.24) is 9.78 Å². The number of rotatable bonds is 4. The van der Waals surface area contributed by atoms with Crippen LogP contribution in [0.1, 0.15) is 18.3 Å². The Morgan fingerprint density at radius 3 is 2.71 bits per heavy atom. The lowest BCUT2D eigenvalue weighted by Gasteiger charge is -2.08. The van der Waals surface area contributed by atoms with Crippen LogP contribution in [0.4, 0.5) is 0 Å². The fraction of sp³-hybridized carbons (Fsp3) is 0.667. The van der Waals surface area contributed by atoms with Crippen molar-refractivity contribution in [2.24, 2.45) is 12.8 Å². The highest BCUT2D eigenvalue weighted by atomic mass is 79.9. The number of hydrogen-bond acceptors (Lipinski definition) is 3. The van der Waals surface area contributed by atoms with Gasteiger partial charge in [0.05, 0.1) is 15.9 Å². The number of nitrogens with two attached hydrogens (primary N) is 1. The van der Waals surface area contributed by atoms with Crippen LogP contribution in [-0.2, 0) is 12.8 Å². The molecule has 0 radical (unpaired) electrons. The Bertz CT molecular complexity index is 311. The summed E-state index contributed by atoms with van der Waals surface area (Å²) in [6.07, 6.45) is 0. The third-order valence-electron chi connectivity index (χ3n) is 2.10. The number of nitrogens with zero attached hydrogens (tertiary/aromatic N) is 2. The van der Waals surface area contributed by atoms with Gasteiger partial charge in [0.1, 0.15) is 0 Å². The predicted molar refractivity (Wildman–Crippen MR) is 65.5 cm³/mol. The standard InChI is InChI=1S/C9H16BrN3S/c1-6(4-11)14-5-8-9(10)7(2)12-13(8)3/h6H,4-5,11H2,1-3H3. The van der Waals surface area contributed by atoms with Crippen molar-refractivity contribution in [3.63, 3.8) is 0 Å². The first-order valence-corrected chi connectivity index (χ1v) is 6.40. The molecule has 0 bridgehead atoms. The third kappa shape index (κ3) is 2.74. The van der Waals surface area contributed by atoms with Gasteiger partial charge in [-0.25, -0.2) is 0 Å². The van der Waals surface area contributed by atoms with E-state index in [9.17, 15) is 0 Å². The summed E-state index contributed by atoms with van der Waals surface area (Å²) < 4.78 is 3.05. The van der Waals surface area contributed by atoms with Gasteiger partial charge in [-0.2, -0.15) is 16.9 Å². The van der Waals surface area contributed by atoms with E-state index in [4.69, 9.17) is 5.73 Å². The van der Waals surface area contributed by atoms with Gasteiger partial charge < -0.3 is 5.73 Å².